The van der Waals surface area contributed by atoms with Crippen LogP contribution in [0.5, 0.6) is 0 Å². The molecule has 2 nitrogen and oxygen atoms in total. The summed E-state index contributed by atoms with van der Waals surface area (Å²) >= 11 is 0. The number of nitrogens with zero attached hydrogens (tertiary/aromatic N) is 2. The van der Waals surface area contributed by atoms with Crippen molar-refractivity contribution in [2.24, 2.45) is 0 Å². The Bertz CT molecular complexity index is 3020. The summed E-state index contributed by atoms with van der Waals surface area (Å²) in [6.45, 7) is 13.5. The zero-order valence-corrected chi connectivity index (χ0v) is 33.6. The Morgan fingerprint density at radius 1 is 0.351 bits per heavy atom. The third-order valence-corrected chi connectivity index (χ3v) is 12.5. The lowest BCUT2D eigenvalue weighted by Gasteiger charge is -2.38. The Hall–Kier alpha value is -6.64. The molecule has 0 fully saturated rings. The maximum atomic E-state index is 2.47. The summed E-state index contributed by atoms with van der Waals surface area (Å²) in [4.78, 5) is 4.92. The van der Waals surface area contributed by atoms with Crippen LogP contribution in [0, 0.1) is 27.7 Å². The molecular formula is C55H46N2. The molecule has 0 bridgehead atoms. The van der Waals surface area contributed by atoms with Gasteiger partial charge in [0, 0.05) is 38.6 Å². The smallest absolute Gasteiger partial charge is 0.0540 e. The second-order valence-corrected chi connectivity index (χ2v) is 16.5. The van der Waals surface area contributed by atoms with Gasteiger partial charge in [-0.05, 0) is 132 Å². The fraction of sp³-hybridized carbons (Fsp3) is 0.127. The van der Waals surface area contributed by atoms with Crippen molar-refractivity contribution in [1.82, 2.24) is 0 Å². The van der Waals surface area contributed by atoms with E-state index in [1.165, 1.54) is 93.9 Å². The largest absolute Gasteiger partial charge is 0.310 e. The molecule has 0 radical (unpaired) electrons. The lowest BCUT2D eigenvalue weighted by atomic mass is 9.68. The van der Waals surface area contributed by atoms with Gasteiger partial charge in [-0.1, -0.05) is 140 Å². The number of anilines is 6. The van der Waals surface area contributed by atoms with Crippen LogP contribution >= 0.6 is 0 Å². The van der Waals surface area contributed by atoms with Gasteiger partial charge in [0.25, 0.3) is 0 Å². The molecule has 0 unspecified atom stereocenters. The first-order valence-corrected chi connectivity index (χ1v) is 20.1. The van der Waals surface area contributed by atoms with Crippen LogP contribution in [0.2, 0.25) is 0 Å². The van der Waals surface area contributed by atoms with Crippen LogP contribution in [0.25, 0.3) is 43.4 Å². The molecule has 0 aliphatic heterocycles. The Morgan fingerprint density at radius 2 is 0.807 bits per heavy atom. The number of aryl methyl sites for hydroxylation is 4. The summed E-state index contributed by atoms with van der Waals surface area (Å²) in [5, 5.41) is 7.63. The van der Waals surface area contributed by atoms with Gasteiger partial charge in [0.05, 0.1) is 17.1 Å². The number of fused-ring (bicyclic) bond motifs is 4. The van der Waals surface area contributed by atoms with E-state index in [1.54, 1.807) is 0 Å². The molecule has 2 heteroatoms. The highest BCUT2D eigenvalue weighted by atomic mass is 15.2. The zero-order valence-electron chi connectivity index (χ0n) is 33.6. The van der Waals surface area contributed by atoms with Crippen LogP contribution < -0.4 is 9.80 Å². The first-order valence-electron chi connectivity index (χ1n) is 20.1. The topological polar surface area (TPSA) is 6.48 Å². The van der Waals surface area contributed by atoms with Gasteiger partial charge in [-0.25, -0.2) is 0 Å². The maximum absolute atomic E-state index is 2.47. The van der Waals surface area contributed by atoms with Crippen molar-refractivity contribution in [1.29, 1.82) is 0 Å². The van der Waals surface area contributed by atoms with E-state index in [9.17, 15) is 0 Å². The van der Waals surface area contributed by atoms with Gasteiger partial charge in [0.1, 0.15) is 0 Å². The van der Waals surface area contributed by atoms with Gasteiger partial charge in [-0.2, -0.15) is 0 Å². The predicted molar refractivity (Wildman–Crippen MR) is 245 cm³/mol. The molecule has 0 saturated carbocycles. The van der Waals surface area contributed by atoms with Crippen LogP contribution in [0.3, 0.4) is 0 Å². The van der Waals surface area contributed by atoms with Crippen molar-refractivity contribution in [2.75, 3.05) is 9.80 Å². The molecule has 10 rings (SSSR count). The summed E-state index contributed by atoms with van der Waals surface area (Å²) in [6.07, 6.45) is 0. The van der Waals surface area contributed by atoms with Crippen molar-refractivity contribution in [3.8, 4) is 11.1 Å². The van der Waals surface area contributed by atoms with Crippen molar-refractivity contribution in [2.45, 2.75) is 47.0 Å². The molecule has 1 aliphatic rings. The van der Waals surface area contributed by atoms with Crippen LogP contribution in [-0.4, -0.2) is 0 Å². The molecule has 0 atom stereocenters. The minimum Gasteiger partial charge on any atom is -0.310 e. The van der Waals surface area contributed by atoms with E-state index in [0.717, 1.165) is 17.1 Å². The third-order valence-electron chi connectivity index (χ3n) is 12.5. The minimum atomic E-state index is -0.268. The lowest BCUT2D eigenvalue weighted by Crippen LogP contribution is -2.24. The van der Waals surface area contributed by atoms with Gasteiger partial charge < -0.3 is 9.80 Å². The number of hydrogen-bond donors (Lipinski definition) is 0. The second kappa shape index (κ2) is 13.2. The highest BCUT2D eigenvalue weighted by Crippen LogP contribution is 2.53. The lowest BCUT2D eigenvalue weighted by molar-refractivity contribution is 0.645. The Kier molecular flexibility index (Phi) is 8.09. The standard InChI is InChI=1S/C55H46N2/c1-35-18-24-39(25-19-35)56(51-31-22-37(3)42-12-7-9-14-45(42)51)41-28-29-44-47-30-33-53(48-16-11-17-49(54(47)48)55(5,6)50(44)34-41)57(40-26-20-36(2)21-27-40)52-32-23-38(4)43-13-8-10-15-46(43)52/h7-34H,1-6H3. The number of benzene rings is 9. The highest BCUT2D eigenvalue weighted by Gasteiger charge is 2.35. The quantitative estimate of drug-likeness (QED) is 0.168. The first kappa shape index (κ1) is 34.8. The molecule has 9 aromatic carbocycles. The van der Waals surface area contributed by atoms with Gasteiger partial charge in [0.15, 0.2) is 0 Å². The number of rotatable bonds is 6. The average Bonchev–Trinajstić information content (AvgIpc) is 3.23. The van der Waals surface area contributed by atoms with Gasteiger partial charge in [-0.15, -0.1) is 0 Å². The van der Waals surface area contributed by atoms with E-state index in [4.69, 9.17) is 0 Å². The Balaban J connectivity index is 1.19. The van der Waals surface area contributed by atoms with Gasteiger partial charge >= 0.3 is 0 Å². The van der Waals surface area contributed by atoms with Crippen LogP contribution in [-0.2, 0) is 5.41 Å². The molecule has 0 aromatic heterocycles. The SMILES string of the molecule is Cc1ccc(N(c2ccc3c(c2)C(C)(C)c2cccc4c(N(c5ccc(C)cc5)c5ccc(C)c6ccccc56)ccc-3c24)c2ccc(C)c3ccccc23)cc1. The molecule has 0 N–H and O–H groups in total. The minimum absolute atomic E-state index is 0.268. The van der Waals surface area contributed by atoms with Crippen LogP contribution in [0.1, 0.15) is 47.2 Å². The molecule has 0 heterocycles. The van der Waals surface area contributed by atoms with E-state index in [-0.39, 0.29) is 5.41 Å². The Morgan fingerprint density at radius 3 is 1.40 bits per heavy atom. The Labute approximate surface area is 336 Å². The van der Waals surface area contributed by atoms with Crippen molar-refractivity contribution in [3.05, 3.63) is 203 Å². The monoisotopic (exact) mass is 734 g/mol. The molecule has 1 aliphatic carbocycles. The normalized spacial score (nSPS) is 12.9. The second-order valence-electron chi connectivity index (χ2n) is 16.5. The van der Waals surface area contributed by atoms with Crippen molar-refractivity contribution < 1.29 is 0 Å². The first-order chi connectivity index (χ1) is 27.7. The molecule has 9 aromatic rings. The zero-order chi connectivity index (χ0) is 39.0. The molecule has 57 heavy (non-hydrogen) atoms. The molecule has 276 valence electrons. The van der Waals surface area contributed by atoms with Gasteiger partial charge in [0.2, 0.25) is 0 Å². The fourth-order valence-electron chi connectivity index (χ4n) is 9.38. The summed E-state index contributed by atoms with van der Waals surface area (Å²) in [5.74, 6) is 0. The van der Waals surface area contributed by atoms with Crippen LogP contribution in [0.4, 0.5) is 34.1 Å². The summed E-state index contributed by atoms with van der Waals surface area (Å²) < 4.78 is 0. The van der Waals surface area contributed by atoms with E-state index in [0.29, 0.717) is 0 Å². The summed E-state index contributed by atoms with van der Waals surface area (Å²) in [7, 11) is 0. The maximum Gasteiger partial charge on any atom is 0.0540 e. The average molecular weight is 735 g/mol. The van der Waals surface area contributed by atoms with E-state index in [2.05, 4.69) is 221 Å². The number of hydrogen-bond acceptors (Lipinski definition) is 2. The summed E-state index contributed by atoms with van der Waals surface area (Å²) in [5.41, 5.74) is 17.0. The van der Waals surface area contributed by atoms with E-state index in [1.807, 2.05) is 0 Å². The molecule has 0 amide bonds. The molecule has 0 saturated heterocycles. The third kappa shape index (κ3) is 5.54. The predicted octanol–water partition coefficient (Wildman–Crippen LogP) is 15.6. The highest BCUT2D eigenvalue weighted by molar-refractivity contribution is 6.12. The van der Waals surface area contributed by atoms with Crippen LogP contribution in [0.15, 0.2) is 170 Å². The molecule has 0 spiro atoms. The van der Waals surface area contributed by atoms with E-state index < -0.39 is 0 Å². The summed E-state index contributed by atoms with van der Waals surface area (Å²) in [6, 6.07) is 63.4. The van der Waals surface area contributed by atoms with Crippen molar-refractivity contribution >= 4 is 66.4 Å². The van der Waals surface area contributed by atoms with Gasteiger partial charge in [-0.3, -0.25) is 0 Å². The van der Waals surface area contributed by atoms with E-state index >= 15 is 0 Å². The van der Waals surface area contributed by atoms with Crippen molar-refractivity contribution in [3.63, 3.8) is 0 Å². The fourth-order valence-corrected chi connectivity index (χ4v) is 9.38. The molecular weight excluding hydrogens is 689 g/mol.